The molecule has 3 aromatic carbocycles. The number of alkyl halides is 3. The van der Waals surface area contributed by atoms with E-state index >= 15 is 0 Å². The first kappa shape index (κ1) is 75.6. The second-order valence-corrected chi connectivity index (χ2v) is 31.5. The molecule has 3 fully saturated rings. The van der Waals surface area contributed by atoms with Gasteiger partial charge in [0, 0.05) is 55.0 Å². The number of nitrogens with zero attached hydrogens (tertiary/aromatic N) is 4. The predicted molar refractivity (Wildman–Crippen MR) is 365 cm³/mol. The molecular weight excluding hydrogens is 1370 g/mol. The summed E-state index contributed by atoms with van der Waals surface area (Å²) in [4.78, 5) is 143. The van der Waals surface area contributed by atoms with Crippen molar-refractivity contribution in [2.24, 2.45) is 10.8 Å². The molecule has 3 aliphatic rings. The number of aliphatic hydroxyl groups excluding tert-OH is 1. The molecule has 534 valence electrons. The largest absolute Gasteiger partial charge is 0.399 e. The Hall–Kier alpha value is -7.58. The van der Waals surface area contributed by atoms with Crippen molar-refractivity contribution < 1.29 is 85.2 Å². The number of halogens is 3. The highest BCUT2D eigenvalue weighted by Gasteiger charge is 2.54. The summed E-state index contributed by atoms with van der Waals surface area (Å²) in [5.74, 6) is -5.02. The van der Waals surface area contributed by atoms with Gasteiger partial charge >= 0.3 is 13.3 Å². The van der Waals surface area contributed by atoms with Crippen molar-refractivity contribution in [1.29, 1.82) is 0 Å². The number of anilines is 1. The minimum absolute atomic E-state index is 0.00612. The summed E-state index contributed by atoms with van der Waals surface area (Å²) in [5, 5.41) is 28.0. The van der Waals surface area contributed by atoms with Crippen LogP contribution in [-0.2, 0) is 58.0 Å². The highest BCUT2D eigenvalue weighted by Crippen LogP contribution is 2.59. The first-order chi connectivity index (χ1) is 46.7. The molecule has 7 atom stereocenters. The Labute approximate surface area is 581 Å². The van der Waals surface area contributed by atoms with E-state index in [2.05, 4.69) is 41.9 Å². The summed E-state index contributed by atoms with van der Waals surface area (Å²) in [6.45, 7) is 12.6. The third kappa shape index (κ3) is 19.3. The number of thiophene rings is 1. The smallest absolute Gasteiger partial charge is 0.391 e. The second-order valence-electron chi connectivity index (χ2n) is 26.8. The lowest BCUT2D eigenvalue weighted by Gasteiger charge is -2.36. The number of hydrogen-bond donors (Lipinski definition) is 9. The summed E-state index contributed by atoms with van der Waals surface area (Å²) >= 11 is 3.60. The number of benzene rings is 3. The van der Waals surface area contributed by atoms with Gasteiger partial charge in [-0.15, -0.1) is 22.7 Å². The van der Waals surface area contributed by atoms with Gasteiger partial charge in [-0.05, 0) is 77.3 Å². The zero-order chi connectivity index (χ0) is 71.8. The Morgan fingerprint density at radius 1 is 0.727 bits per heavy atom. The average molecular weight is 1450 g/mol. The van der Waals surface area contributed by atoms with Gasteiger partial charge in [-0.1, -0.05) is 114 Å². The van der Waals surface area contributed by atoms with Crippen LogP contribution in [0.4, 0.5) is 18.3 Å². The van der Waals surface area contributed by atoms with Crippen LogP contribution in [0.2, 0.25) is 0 Å². The molecule has 32 heteroatoms. The highest BCUT2D eigenvalue weighted by atomic mass is 32.1. The number of carbonyl (C=O) groups is 8. The van der Waals surface area contributed by atoms with Crippen LogP contribution in [0.25, 0.3) is 31.0 Å². The zero-order valence-electron chi connectivity index (χ0n) is 55.6. The number of aliphatic hydroxyl groups is 1. The van der Waals surface area contributed by atoms with Gasteiger partial charge in [0.05, 0.1) is 84.0 Å². The predicted octanol–water partition coefficient (Wildman–Crippen LogP) is 7.35. The minimum atomic E-state index is -5.88. The molecule has 6 aromatic rings. The van der Waals surface area contributed by atoms with E-state index in [1.807, 2.05) is 49.4 Å². The van der Waals surface area contributed by atoms with Crippen molar-refractivity contribution >= 4 is 104 Å². The van der Waals surface area contributed by atoms with Crippen LogP contribution < -0.4 is 31.9 Å². The van der Waals surface area contributed by atoms with Crippen LogP contribution in [0.15, 0.2) is 90.6 Å². The van der Waals surface area contributed by atoms with Crippen LogP contribution in [0, 0.1) is 17.8 Å². The number of amides is 8. The molecule has 1 saturated carbocycles. The van der Waals surface area contributed by atoms with E-state index in [0.717, 1.165) is 50.0 Å². The first-order valence-electron chi connectivity index (χ1n) is 32.2. The molecule has 9 N–H and O–H groups in total. The van der Waals surface area contributed by atoms with Crippen molar-refractivity contribution in [2.45, 2.75) is 141 Å². The van der Waals surface area contributed by atoms with E-state index in [-0.39, 0.29) is 113 Å². The number of nitrogens with one attached hydrogen (secondary N) is 6. The van der Waals surface area contributed by atoms with Crippen molar-refractivity contribution in [2.75, 3.05) is 64.6 Å². The first-order valence-corrected chi connectivity index (χ1v) is 36.3. The number of thiazole rings is 2. The lowest BCUT2D eigenvalue weighted by Crippen LogP contribution is -2.59. The zero-order valence-corrected chi connectivity index (χ0v) is 59.0. The average Bonchev–Trinajstić information content (AvgIpc) is 1.66. The van der Waals surface area contributed by atoms with Crippen LogP contribution in [-0.4, -0.2) is 183 Å². The van der Waals surface area contributed by atoms with Gasteiger partial charge in [0.25, 0.3) is 11.8 Å². The SMILES string of the molecule is Cc1ncsc1-c1ccc([C@H](CC(=O)NCCOCCOCCOCCC(=O)N[C@@H]2C[C@@H](C(=O)Nc3ncc(-c4ccccc4)s3)N(C(=O)[C@@H](NC(=O)c3cc4cc(C(F)(F)P(=O)(O)O)ccc4s3)C(C)(C)C)C2)NC(=O)[C@@H]2C[C@@H](O)CN2C(=O)[C@@H](NC(=O)C2(F)CC2)C(C)(C)C)cc1. The second kappa shape index (κ2) is 32.0. The normalized spacial score (nSPS) is 18.7. The Morgan fingerprint density at radius 2 is 1.35 bits per heavy atom. The monoisotopic (exact) mass is 1450 g/mol. The van der Waals surface area contributed by atoms with Gasteiger partial charge in [-0.3, -0.25) is 42.9 Å². The number of β-amino-alcohol motifs (C(OH)–C–C–N with tert-alkyl or cyclic N) is 1. The van der Waals surface area contributed by atoms with Gasteiger partial charge in [0.2, 0.25) is 35.4 Å². The van der Waals surface area contributed by atoms with Gasteiger partial charge < -0.3 is 70.8 Å². The maximum atomic E-state index is 14.8. The lowest BCUT2D eigenvalue weighted by atomic mass is 9.85. The Bertz CT molecular complexity index is 3950. The summed E-state index contributed by atoms with van der Waals surface area (Å²) in [6.07, 6.45) is 0.208. The standard InChI is InChI=1S/C67H82F3N10O15PS3/c1-38-54(97-37-73-38)41-15-13-39(14-16-41)46(75-57(84)48-32-45(81)36-80(48)61(88)56(65(5,6)7)77-62(89)66(68)20-21-66)33-53(83)71-22-24-94-26-28-95-27-25-93-23-19-52(82)74-44-31-47(58(85)78-63-72-34-51(99-63)40-11-9-8-10-12-40)79(35-44)60(87)55(64(2,3)4)76-59(86)50-30-42-29-43(17-18-49(42)98-50)67(69,70)96(90,91)92/h8-18,29-30,34,37,44-48,55-56,81H,19-28,31-33,35-36H2,1-7H3,(H,71,83)(H,74,82)(H,75,84)(H,76,86)(H,77,89)(H,72,78,85)(H2,90,91,92)/t44-,45-,46+,47+,48+,55-,56-/m1/s1. The van der Waals surface area contributed by atoms with Crippen LogP contribution in [0.5, 0.6) is 0 Å². The number of aryl methyl sites for hydroxylation is 1. The fourth-order valence-corrected chi connectivity index (χ4v) is 14.5. The third-order valence-corrected chi connectivity index (χ3v) is 21.1. The molecular formula is C67H82F3N10O15PS3. The van der Waals surface area contributed by atoms with Crippen LogP contribution in [0.1, 0.15) is 113 Å². The molecule has 2 aliphatic heterocycles. The number of likely N-dealkylation sites (tertiary alicyclic amines) is 2. The summed E-state index contributed by atoms with van der Waals surface area (Å²) in [6, 6.07) is 14.5. The maximum Gasteiger partial charge on any atom is 0.399 e. The molecule has 0 radical (unpaired) electrons. The molecule has 0 bridgehead atoms. The van der Waals surface area contributed by atoms with E-state index in [4.69, 9.17) is 14.2 Å². The Morgan fingerprint density at radius 3 is 1.98 bits per heavy atom. The summed E-state index contributed by atoms with van der Waals surface area (Å²) < 4.78 is 73.0. The van der Waals surface area contributed by atoms with E-state index in [1.54, 1.807) is 65.4 Å². The fourth-order valence-electron chi connectivity index (χ4n) is 11.4. The van der Waals surface area contributed by atoms with Gasteiger partial charge in [-0.2, -0.15) is 8.78 Å². The summed E-state index contributed by atoms with van der Waals surface area (Å²) in [7, 11) is -5.88. The molecule has 3 aromatic heterocycles. The molecule has 0 unspecified atom stereocenters. The molecule has 5 heterocycles. The number of carbonyl (C=O) groups excluding carboxylic acids is 8. The van der Waals surface area contributed by atoms with Gasteiger partial charge in [-0.25, -0.2) is 14.4 Å². The topological polar surface area (TPSA) is 346 Å². The van der Waals surface area contributed by atoms with Crippen molar-refractivity contribution in [3.05, 3.63) is 112 Å². The maximum absolute atomic E-state index is 14.8. The Kier molecular flexibility index (Phi) is 24.4. The molecule has 9 rings (SSSR count). The number of fused-ring (bicyclic) bond motifs is 1. The minimum Gasteiger partial charge on any atom is -0.391 e. The molecule has 8 amide bonds. The molecule has 25 nitrogen and oxygen atoms in total. The number of hydrogen-bond acceptors (Lipinski definition) is 18. The molecule has 0 spiro atoms. The molecule has 2 saturated heterocycles. The third-order valence-electron chi connectivity index (χ3n) is 17.0. The van der Waals surface area contributed by atoms with Crippen LogP contribution in [0.3, 0.4) is 0 Å². The van der Waals surface area contributed by atoms with Gasteiger partial charge in [0.1, 0.15) is 24.2 Å². The molecule has 1 aliphatic carbocycles. The summed E-state index contributed by atoms with van der Waals surface area (Å²) in [5.41, 5.74) is -4.43. The van der Waals surface area contributed by atoms with E-state index in [1.165, 1.54) is 44.6 Å². The van der Waals surface area contributed by atoms with Gasteiger partial charge in [0.15, 0.2) is 10.8 Å². The fraction of sp³-hybridized carbons (Fsp3) is 0.493. The van der Waals surface area contributed by atoms with Crippen molar-refractivity contribution in [3.8, 4) is 20.9 Å². The van der Waals surface area contributed by atoms with Crippen molar-refractivity contribution in [3.63, 3.8) is 0 Å². The number of ether oxygens (including phenoxy) is 3. The highest BCUT2D eigenvalue weighted by molar-refractivity contribution is 7.52. The molecule has 99 heavy (non-hydrogen) atoms. The van der Waals surface area contributed by atoms with E-state index in [0.29, 0.717) is 10.3 Å². The lowest BCUT2D eigenvalue weighted by molar-refractivity contribution is -0.145. The number of aromatic nitrogens is 2. The van der Waals surface area contributed by atoms with Crippen LogP contribution >= 0.6 is 41.6 Å². The number of rotatable bonds is 30. The quantitative estimate of drug-likeness (QED) is 0.0157. The van der Waals surface area contributed by atoms with E-state index < -0.39 is 125 Å². The van der Waals surface area contributed by atoms with Crippen molar-refractivity contribution in [1.82, 2.24) is 46.4 Å². The Balaban J connectivity index is 0.728. The van der Waals surface area contributed by atoms with E-state index in [9.17, 15) is 71.0 Å².